The molecule has 0 saturated carbocycles. The molecule has 0 saturated heterocycles. The number of nitrogens with zero attached hydrogens (tertiary/aromatic N) is 1. The van der Waals surface area contributed by atoms with E-state index in [0.717, 1.165) is 17.7 Å². The van der Waals surface area contributed by atoms with E-state index >= 15 is 0 Å². The molecule has 2 aromatic rings. The molecule has 0 unspecified atom stereocenters. The number of halogens is 1. The fraction of sp³-hybridized carbons (Fsp3) is 0.267. The fourth-order valence-corrected chi connectivity index (χ4v) is 2.21. The van der Waals surface area contributed by atoms with Gasteiger partial charge in [0.1, 0.15) is 0 Å². The van der Waals surface area contributed by atoms with Crippen molar-refractivity contribution in [3.63, 3.8) is 0 Å². The maximum atomic E-state index is 13.9. The molecule has 0 aliphatic heterocycles. The second-order valence-corrected chi connectivity index (χ2v) is 4.33. The van der Waals surface area contributed by atoms with Crippen molar-refractivity contribution < 1.29 is 13.9 Å². The van der Waals surface area contributed by atoms with E-state index in [1.807, 2.05) is 25.3 Å². The van der Waals surface area contributed by atoms with Gasteiger partial charge < -0.3 is 9.30 Å². The molecular formula is C15H16FNO2. The van der Waals surface area contributed by atoms with E-state index in [4.69, 9.17) is 4.74 Å². The van der Waals surface area contributed by atoms with Gasteiger partial charge in [-0.15, -0.1) is 0 Å². The number of aryl methyl sites for hydroxylation is 1. The number of hydrogen-bond donors (Lipinski definition) is 0. The van der Waals surface area contributed by atoms with Crippen molar-refractivity contribution in [3.8, 4) is 11.4 Å². The second kappa shape index (κ2) is 5.26. The van der Waals surface area contributed by atoms with Crippen molar-refractivity contribution >= 4 is 6.29 Å². The molecule has 0 N–H and O–H groups in total. The van der Waals surface area contributed by atoms with E-state index in [0.29, 0.717) is 17.9 Å². The van der Waals surface area contributed by atoms with Crippen LogP contribution in [0.15, 0.2) is 24.3 Å². The van der Waals surface area contributed by atoms with Crippen LogP contribution in [0.25, 0.3) is 5.69 Å². The summed E-state index contributed by atoms with van der Waals surface area (Å²) in [5.74, 6) is -0.163. The zero-order valence-corrected chi connectivity index (χ0v) is 11.2. The van der Waals surface area contributed by atoms with E-state index in [2.05, 4.69) is 0 Å². The monoisotopic (exact) mass is 261 g/mol. The van der Waals surface area contributed by atoms with Gasteiger partial charge in [0.15, 0.2) is 17.9 Å². The molecule has 1 aromatic carbocycles. The van der Waals surface area contributed by atoms with Gasteiger partial charge in [0.2, 0.25) is 0 Å². The Kier molecular flexibility index (Phi) is 3.69. The highest BCUT2D eigenvalue weighted by molar-refractivity contribution is 5.77. The first-order valence-corrected chi connectivity index (χ1v) is 6.15. The summed E-state index contributed by atoms with van der Waals surface area (Å²) in [5, 5.41) is 0. The van der Waals surface area contributed by atoms with Gasteiger partial charge in [0.05, 0.1) is 6.61 Å². The number of ether oxygens (including phenoxy) is 1. The molecule has 0 radical (unpaired) electrons. The van der Waals surface area contributed by atoms with Gasteiger partial charge in [0.25, 0.3) is 0 Å². The van der Waals surface area contributed by atoms with E-state index in [9.17, 15) is 9.18 Å². The Labute approximate surface area is 111 Å². The topological polar surface area (TPSA) is 31.2 Å². The van der Waals surface area contributed by atoms with E-state index in [-0.39, 0.29) is 5.75 Å². The number of hydrogen-bond acceptors (Lipinski definition) is 2. The Balaban J connectivity index is 2.51. The number of aromatic nitrogens is 1. The first kappa shape index (κ1) is 13.3. The van der Waals surface area contributed by atoms with Gasteiger partial charge >= 0.3 is 0 Å². The third-order valence-corrected chi connectivity index (χ3v) is 3.07. The minimum Gasteiger partial charge on any atom is -0.491 e. The fourth-order valence-electron chi connectivity index (χ4n) is 2.21. The van der Waals surface area contributed by atoms with Gasteiger partial charge in [-0.1, -0.05) is 0 Å². The van der Waals surface area contributed by atoms with Crippen molar-refractivity contribution in [1.82, 2.24) is 4.57 Å². The van der Waals surface area contributed by atoms with Crippen LogP contribution < -0.4 is 4.74 Å². The summed E-state index contributed by atoms with van der Waals surface area (Å²) in [6.45, 7) is 5.95. The Morgan fingerprint density at radius 1 is 1.32 bits per heavy atom. The second-order valence-electron chi connectivity index (χ2n) is 4.33. The van der Waals surface area contributed by atoms with Gasteiger partial charge in [-0.3, -0.25) is 4.79 Å². The summed E-state index contributed by atoms with van der Waals surface area (Å²) in [5.41, 5.74) is 3.00. The molecule has 3 nitrogen and oxygen atoms in total. The van der Waals surface area contributed by atoms with Crippen molar-refractivity contribution in [2.24, 2.45) is 0 Å². The molecule has 100 valence electrons. The number of rotatable bonds is 4. The van der Waals surface area contributed by atoms with Crippen LogP contribution in [0.1, 0.15) is 28.7 Å². The molecule has 0 aliphatic carbocycles. The van der Waals surface area contributed by atoms with Crippen molar-refractivity contribution in [2.45, 2.75) is 20.8 Å². The summed E-state index contributed by atoms with van der Waals surface area (Å²) >= 11 is 0. The van der Waals surface area contributed by atoms with Crippen LogP contribution in [0, 0.1) is 19.7 Å². The highest BCUT2D eigenvalue weighted by Gasteiger charge is 2.12. The average molecular weight is 261 g/mol. The standard InChI is InChI=1S/C15H16FNO2/c1-4-19-15-6-5-13(8-14(15)16)17-10(2)7-12(9-18)11(17)3/h5-9H,4H2,1-3H3. The molecule has 0 aliphatic rings. The first-order valence-electron chi connectivity index (χ1n) is 6.15. The lowest BCUT2D eigenvalue weighted by Gasteiger charge is -2.11. The first-order chi connectivity index (χ1) is 9.08. The summed E-state index contributed by atoms with van der Waals surface area (Å²) in [6.07, 6.45) is 0.809. The Morgan fingerprint density at radius 3 is 2.58 bits per heavy atom. The third kappa shape index (κ3) is 2.38. The quantitative estimate of drug-likeness (QED) is 0.789. The van der Waals surface area contributed by atoms with Crippen LogP contribution in [0.4, 0.5) is 4.39 Å². The minimum absolute atomic E-state index is 0.240. The van der Waals surface area contributed by atoms with Crippen molar-refractivity contribution in [1.29, 1.82) is 0 Å². The highest BCUT2D eigenvalue weighted by atomic mass is 19.1. The molecule has 1 aromatic heterocycles. The number of aldehydes is 1. The van der Waals surface area contributed by atoms with Crippen LogP contribution in [0.5, 0.6) is 5.75 Å². The van der Waals surface area contributed by atoms with Gasteiger partial charge in [-0.05, 0) is 39.0 Å². The maximum Gasteiger partial charge on any atom is 0.167 e. The van der Waals surface area contributed by atoms with Crippen molar-refractivity contribution in [3.05, 3.63) is 47.0 Å². The van der Waals surface area contributed by atoms with Gasteiger partial charge in [0, 0.05) is 28.7 Å². The molecule has 2 rings (SSSR count). The third-order valence-electron chi connectivity index (χ3n) is 3.07. The van der Waals surface area contributed by atoms with E-state index in [1.54, 1.807) is 18.2 Å². The summed E-state index contributed by atoms with van der Waals surface area (Å²) in [6, 6.07) is 6.59. The van der Waals surface area contributed by atoms with Crippen LogP contribution in [-0.4, -0.2) is 17.5 Å². The number of benzene rings is 1. The van der Waals surface area contributed by atoms with Crippen LogP contribution in [0.2, 0.25) is 0 Å². The smallest absolute Gasteiger partial charge is 0.167 e. The lowest BCUT2D eigenvalue weighted by Crippen LogP contribution is -2.01. The highest BCUT2D eigenvalue weighted by Crippen LogP contribution is 2.24. The lowest BCUT2D eigenvalue weighted by molar-refractivity contribution is 0.112. The number of carbonyl (C=O) groups excluding carboxylic acids is 1. The zero-order valence-electron chi connectivity index (χ0n) is 11.2. The zero-order chi connectivity index (χ0) is 14.0. The van der Waals surface area contributed by atoms with Crippen LogP contribution in [0.3, 0.4) is 0 Å². The molecule has 0 spiro atoms. The molecule has 19 heavy (non-hydrogen) atoms. The van der Waals surface area contributed by atoms with E-state index in [1.165, 1.54) is 6.07 Å². The number of carbonyl (C=O) groups is 1. The maximum absolute atomic E-state index is 13.9. The SMILES string of the molecule is CCOc1ccc(-n2c(C)cc(C=O)c2C)cc1F. The predicted octanol–water partition coefficient (Wildman–Crippen LogP) is 3.44. The molecule has 0 bridgehead atoms. The van der Waals surface area contributed by atoms with E-state index < -0.39 is 5.82 Å². The molecule has 0 amide bonds. The molecular weight excluding hydrogens is 245 g/mol. The average Bonchev–Trinajstić information content (AvgIpc) is 2.67. The molecule has 4 heteroatoms. The van der Waals surface area contributed by atoms with Crippen LogP contribution >= 0.6 is 0 Å². The minimum atomic E-state index is -0.403. The molecule has 1 heterocycles. The molecule has 0 atom stereocenters. The lowest BCUT2D eigenvalue weighted by atomic mass is 10.2. The Bertz CT molecular complexity index is 617. The van der Waals surface area contributed by atoms with Gasteiger partial charge in [-0.2, -0.15) is 0 Å². The van der Waals surface area contributed by atoms with Crippen LogP contribution in [-0.2, 0) is 0 Å². The summed E-state index contributed by atoms with van der Waals surface area (Å²) in [4.78, 5) is 10.9. The Hall–Kier alpha value is -2.10. The molecule has 0 fully saturated rings. The predicted molar refractivity (Wildman–Crippen MR) is 71.8 cm³/mol. The Morgan fingerprint density at radius 2 is 2.05 bits per heavy atom. The largest absolute Gasteiger partial charge is 0.491 e. The summed E-state index contributed by atoms with van der Waals surface area (Å²) < 4.78 is 20.9. The van der Waals surface area contributed by atoms with Gasteiger partial charge in [-0.25, -0.2) is 4.39 Å². The van der Waals surface area contributed by atoms with Crippen molar-refractivity contribution in [2.75, 3.05) is 6.61 Å². The normalized spacial score (nSPS) is 10.5. The summed E-state index contributed by atoms with van der Waals surface area (Å²) in [7, 11) is 0.